The molecule has 1 aliphatic rings. The molecule has 0 spiro atoms. The Hall–Kier alpha value is -3.22. The van der Waals surface area contributed by atoms with E-state index in [-0.39, 0.29) is 12.5 Å². The second-order valence-electron chi connectivity index (χ2n) is 6.53. The van der Waals surface area contributed by atoms with Crippen LogP contribution in [-0.2, 0) is 16.1 Å². The van der Waals surface area contributed by atoms with Crippen molar-refractivity contribution in [3.63, 3.8) is 0 Å². The number of nitrogens with zero attached hydrogens (tertiary/aromatic N) is 1. The highest BCUT2D eigenvalue weighted by molar-refractivity contribution is 5.92. The van der Waals surface area contributed by atoms with Crippen LogP contribution in [0.15, 0.2) is 36.4 Å². The zero-order valence-corrected chi connectivity index (χ0v) is 16.1. The summed E-state index contributed by atoms with van der Waals surface area (Å²) in [5.74, 6) is 0.535. The van der Waals surface area contributed by atoms with Crippen LogP contribution in [0.1, 0.15) is 28.4 Å². The summed E-state index contributed by atoms with van der Waals surface area (Å²) in [5.41, 5.74) is 8.44. The van der Waals surface area contributed by atoms with Crippen LogP contribution in [0.2, 0.25) is 0 Å². The molecule has 0 saturated carbocycles. The van der Waals surface area contributed by atoms with E-state index in [0.29, 0.717) is 49.1 Å². The molecule has 2 aromatic rings. The van der Waals surface area contributed by atoms with Crippen molar-refractivity contribution in [1.29, 1.82) is 0 Å². The number of nitrogen functional groups attached to an aromatic ring is 1. The van der Waals surface area contributed by atoms with Gasteiger partial charge < -0.3 is 24.8 Å². The van der Waals surface area contributed by atoms with Gasteiger partial charge in [-0.2, -0.15) is 0 Å². The lowest BCUT2D eigenvalue weighted by molar-refractivity contribution is -0.134. The van der Waals surface area contributed by atoms with Gasteiger partial charge in [-0.3, -0.25) is 4.79 Å². The van der Waals surface area contributed by atoms with Gasteiger partial charge in [-0.15, -0.1) is 0 Å². The number of carbonyl (C=O) groups excluding carboxylic acids is 2. The van der Waals surface area contributed by atoms with Gasteiger partial charge in [0.2, 0.25) is 0 Å². The molecule has 0 atom stereocenters. The smallest absolute Gasteiger partial charge is 0.338 e. The summed E-state index contributed by atoms with van der Waals surface area (Å²) in [6.45, 7) is 5.31. The number of esters is 1. The number of fused-ring (bicyclic) bond motifs is 1. The van der Waals surface area contributed by atoms with Gasteiger partial charge in [-0.1, -0.05) is 12.1 Å². The van der Waals surface area contributed by atoms with Crippen molar-refractivity contribution < 1.29 is 23.8 Å². The van der Waals surface area contributed by atoms with Crippen molar-refractivity contribution in [1.82, 2.24) is 4.90 Å². The first-order valence-electron chi connectivity index (χ1n) is 9.17. The van der Waals surface area contributed by atoms with Gasteiger partial charge in [0.25, 0.3) is 5.91 Å². The number of benzene rings is 2. The third-order valence-corrected chi connectivity index (χ3v) is 4.56. The summed E-state index contributed by atoms with van der Waals surface area (Å²) >= 11 is 0. The molecular formula is C21H24N2O5. The van der Waals surface area contributed by atoms with Crippen molar-refractivity contribution in [2.24, 2.45) is 0 Å². The van der Waals surface area contributed by atoms with Gasteiger partial charge in [0, 0.05) is 18.8 Å². The van der Waals surface area contributed by atoms with E-state index in [1.165, 1.54) is 0 Å². The van der Waals surface area contributed by atoms with Crippen molar-refractivity contribution in [3.8, 4) is 11.5 Å². The summed E-state index contributed by atoms with van der Waals surface area (Å²) in [4.78, 5) is 26.3. The molecule has 1 heterocycles. The largest absolute Gasteiger partial charge is 0.486 e. The summed E-state index contributed by atoms with van der Waals surface area (Å²) in [6, 6.07) is 10.5. The Morgan fingerprint density at radius 1 is 1.11 bits per heavy atom. The molecule has 0 bridgehead atoms. The van der Waals surface area contributed by atoms with Gasteiger partial charge >= 0.3 is 5.97 Å². The quantitative estimate of drug-likeness (QED) is 0.608. The van der Waals surface area contributed by atoms with Crippen LogP contribution in [0.3, 0.4) is 0 Å². The molecule has 148 valence electrons. The molecular weight excluding hydrogens is 360 g/mol. The van der Waals surface area contributed by atoms with E-state index in [4.69, 9.17) is 19.9 Å². The summed E-state index contributed by atoms with van der Waals surface area (Å²) in [6.07, 6.45) is 0. The highest BCUT2D eigenvalue weighted by Gasteiger charge is 2.18. The first-order valence-corrected chi connectivity index (χ1v) is 9.17. The monoisotopic (exact) mass is 384 g/mol. The Kier molecular flexibility index (Phi) is 6.03. The van der Waals surface area contributed by atoms with Crippen LogP contribution >= 0.6 is 0 Å². The molecule has 0 saturated heterocycles. The van der Waals surface area contributed by atoms with Crippen LogP contribution in [0.25, 0.3) is 0 Å². The SMILES string of the molecule is CCN(Cc1ccc2c(c1)OCCO2)C(=O)COC(=O)c1ccc(C)c(N)c1. The van der Waals surface area contributed by atoms with Crippen LogP contribution in [0, 0.1) is 6.92 Å². The number of ether oxygens (including phenoxy) is 3. The van der Waals surface area contributed by atoms with E-state index in [9.17, 15) is 9.59 Å². The molecule has 3 rings (SSSR count). The zero-order valence-electron chi connectivity index (χ0n) is 16.1. The lowest BCUT2D eigenvalue weighted by Gasteiger charge is -2.23. The topological polar surface area (TPSA) is 91.1 Å². The standard InChI is InChI=1S/C21H24N2O5/c1-3-23(12-15-5-7-18-19(10-15)27-9-8-26-18)20(24)13-28-21(25)16-6-4-14(2)17(22)11-16/h4-7,10-11H,3,8-9,12-13,22H2,1-2H3. The molecule has 1 amide bonds. The predicted molar refractivity (Wildman–Crippen MR) is 104 cm³/mol. The van der Waals surface area contributed by atoms with Gasteiger partial charge in [0.1, 0.15) is 13.2 Å². The summed E-state index contributed by atoms with van der Waals surface area (Å²) in [5, 5.41) is 0. The number of rotatable bonds is 6. The number of aryl methyl sites for hydroxylation is 1. The number of amides is 1. The number of hydrogen-bond donors (Lipinski definition) is 1. The Bertz CT molecular complexity index is 881. The van der Waals surface area contributed by atoms with E-state index in [2.05, 4.69) is 0 Å². The number of anilines is 1. The van der Waals surface area contributed by atoms with Gasteiger partial charge in [0.15, 0.2) is 18.1 Å². The second-order valence-corrected chi connectivity index (χ2v) is 6.53. The summed E-state index contributed by atoms with van der Waals surface area (Å²) in [7, 11) is 0. The average molecular weight is 384 g/mol. The van der Waals surface area contributed by atoms with Crippen LogP contribution in [-0.4, -0.2) is 43.1 Å². The summed E-state index contributed by atoms with van der Waals surface area (Å²) < 4.78 is 16.3. The fourth-order valence-electron chi connectivity index (χ4n) is 2.85. The number of hydrogen-bond acceptors (Lipinski definition) is 6. The molecule has 7 heteroatoms. The molecule has 7 nitrogen and oxygen atoms in total. The lowest BCUT2D eigenvalue weighted by Crippen LogP contribution is -2.34. The molecule has 2 aromatic carbocycles. The van der Waals surface area contributed by atoms with Crippen molar-refractivity contribution in [3.05, 3.63) is 53.1 Å². The highest BCUT2D eigenvalue weighted by Crippen LogP contribution is 2.31. The van der Waals surface area contributed by atoms with Crippen LogP contribution < -0.4 is 15.2 Å². The van der Waals surface area contributed by atoms with Crippen LogP contribution in [0.5, 0.6) is 11.5 Å². The molecule has 0 fully saturated rings. The van der Waals surface area contributed by atoms with E-state index in [1.54, 1.807) is 23.1 Å². The van der Waals surface area contributed by atoms with E-state index in [1.807, 2.05) is 32.0 Å². The maximum Gasteiger partial charge on any atom is 0.338 e. The normalized spacial score (nSPS) is 12.4. The zero-order chi connectivity index (χ0) is 20.1. The van der Waals surface area contributed by atoms with Gasteiger partial charge in [-0.05, 0) is 49.2 Å². The fraction of sp³-hybridized carbons (Fsp3) is 0.333. The van der Waals surface area contributed by atoms with Crippen molar-refractivity contribution in [2.45, 2.75) is 20.4 Å². The maximum absolute atomic E-state index is 12.5. The average Bonchev–Trinajstić information content (AvgIpc) is 2.71. The molecule has 0 unspecified atom stereocenters. The minimum atomic E-state index is -0.574. The van der Waals surface area contributed by atoms with Crippen molar-refractivity contribution >= 4 is 17.6 Å². The first kappa shape index (κ1) is 19.5. The Morgan fingerprint density at radius 2 is 1.86 bits per heavy atom. The third kappa shape index (κ3) is 4.54. The fourth-order valence-corrected chi connectivity index (χ4v) is 2.85. The molecule has 0 aliphatic carbocycles. The van der Waals surface area contributed by atoms with Crippen LogP contribution in [0.4, 0.5) is 5.69 Å². The Morgan fingerprint density at radius 3 is 2.57 bits per heavy atom. The first-order chi connectivity index (χ1) is 13.5. The molecule has 2 N–H and O–H groups in total. The van der Waals surface area contributed by atoms with E-state index < -0.39 is 5.97 Å². The predicted octanol–water partition coefficient (Wildman–Crippen LogP) is 2.55. The second kappa shape index (κ2) is 8.65. The number of likely N-dealkylation sites (N-methyl/N-ethyl adjacent to an activating group) is 1. The maximum atomic E-state index is 12.5. The van der Waals surface area contributed by atoms with Gasteiger partial charge in [-0.25, -0.2) is 4.79 Å². The third-order valence-electron chi connectivity index (χ3n) is 4.56. The lowest BCUT2D eigenvalue weighted by atomic mass is 10.1. The molecule has 0 aromatic heterocycles. The van der Waals surface area contributed by atoms with Crippen molar-refractivity contribution in [2.75, 3.05) is 32.1 Å². The van der Waals surface area contributed by atoms with E-state index in [0.717, 1.165) is 11.1 Å². The minimum absolute atomic E-state index is 0.272. The molecule has 28 heavy (non-hydrogen) atoms. The molecule has 1 aliphatic heterocycles. The molecule has 0 radical (unpaired) electrons. The number of carbonyl (C=O) groups is 2. The minimum Gasteiger partial charge on any atom is -0.486 e. The highest BCUT2D eigenvalue weighted by atomic mass is 16.6. The van der Waals surface area contributed by atoms with Gasteiger partial charge in [0.05, 0.1) is 5.56 Å². The Balaban J connectivity index is 1.58. The van der Waals surface area contributed by atoms with E-state index >= 15 is 0 Å². The Labute approximate surface area is 164 Å². The number of nitrogens with two attached hydrogens (primary N) is 1.